The monoisotopic (exact) mass is 211 g/mol. The molecule has 1 aliphatic rings. The van der Waals surface area contributed by atoms with Crippen LogP contribution in [0.1, 0.15) is 19.8 Å². The lowest BCUT2D eigenvalue weighted by Gasteiger charge is -2.28. The normalized spacial score (nSPS) is 22.2. The average Bonchev–Trinajstić information content (AvgIpc) is 2.66. The molecule has 3 heteroatoms. The first-order chi connectivity index (χ1) is 7.20. The summed E-state index contributed by atoms with van der Waals surface area (Å²) in [6.07, 6.45) is 4.16. The van der Waals surface area contributed by atoms with E-state index in [2.05, 4.69) is 11.5 Å². The van der Waals surface area contributed by atoms with Crippen LogP contribution in [0, 0.1) is 0 Å². The number of rotatable bonds is 5. The molecule has 1 aliphatic heterocycles. The van der Waals surface area contributed by atoms with E-state index >= 15 is 0 Å². The quantitative estimate of drug-likeness (QED) is 0.700. The minimum Gasteiger partial charge on any atom is -0.392 e. The minimum atomic E-state index is 0.0770. The fraction of sp³-hybridized carbons (Fsp3) is 0.667. The fourth-order valence-electron chi connectivity index (χ4n) is 2.04. The summed E-state index contributed by atoms with van der Waals surface area (Å²) in [5, 5.41) is 8.84. The van der Waals surface area contributed by atoms with E-state index in [1.165, 1.54) is 12.8 Å². The Hall–Kier alpha value is -0.800. The predicted octanol–water partition coefficient (Wildman–Crippen LogP) is 1.55. The molecule has 0 aromatic rings. The van der Waals surface area contributed by atoms with E-state index in [0.717, 1.165) is 24.4 Å². The second kappa shape index (κ2) is 5.93. The summed E-state index contributed by atoms with van der Waals surface area (Å²) in [5.74, 6) is 0. The third kappa shape index (κ3) is 3.08. The number of likely N-dealkylation sites (tertiary alicyclic amines) is 1. The van der Waals surface area contributed by atoms with Crippen molar-refractivity contribution in [2.45, 2.75) is 25.8 Å². The smallest absolute Gasteiger partial charge is 0.0666 e. The summed E-state index contributed by atoms with van der Waals surface area (Å²) in [4.78, 5) is 2.28. The Bertz CT molecular complexity index is 248. The van der Waals surface area contributed by atoms with Gasteiger partial charge in [-0.05, 0) is 25.3 Å². The predicted molar refractivity (Wildman–Crippen MR) is 61.6 cm³/mol. The van der Waals surface area contributed by atoms with E-state index in [0.29, 0.717) is 6.04 Å². The molecule has 86 valence electrons. The van der Waals surface area contributed by atoms with E-state index < -0.39 is 0 Å². The first-order valence-electron chi connectivity index (χ1n) is 5.43. The molecule has 0 spiro atoms. The second-order valence-corrected chi connectivity index (χ2v) is 3.96. The molecule has 0 radical (unpaired) electrons. The maximum atomic E-state index is 8.84. The number of hydrogen-bond acceptors (Lipinski definition) is 3. The second-order valence-electron chi connectivity index (χ2n) is 3.96. The van der Waals surface area contributed by atoms with Gasteiger partial charge in [-0.25, -0.2) is 0 Å². The number of ether oxygens (including phenoxy) is 1. The molecule has 1 saturated heterocycles. The molecular formula is C12H21NO2. The van der Waals surface area contributed by atoms with Crippen LogP contribution >= 0.6 is 0 Å². The third-order valence-corrected chi connectivity index (χ3v) is 2.94. The molecule has 1 fully saturated rings. The van der Waals surface area contributed by atoms with Gasteiger partial charge in [-0.15, -0.1) is 0 Å². The van der Waals surface area contributed by atoms with Crippen LogP contribution in [0.4, 0.5) is 0 Å². The molecule has 0 aliphatic carbocycles. The number of aliphatic hydroxyl groups is 1. The molecule has 1 heterocycles. The highest BCUT2D eigenvalue weighted by molar-refractivity contribution is 5.26. The first kappa shape index (κ1) is 12.3. The summed E-state index contributed by atoms with van der Waals surface area (Å²) in [6, 6.07) is 0.449. The molecule has 0 saturated carbocycles. The van der Waals surface area contributed by atoms with Gasteiger partial charge in [0.1, 0.15) is 0 Å². The van der Waals surface area contributed by atoms with Gasteiger partial charge in [-0.1, -0.05) is 12.7 Å². The van der Waals surface area contributed by atoms with Crippen LogP contribution in [-0.4, -0.2) is 42.9 Å². The maximum absolute atomic E-state index is 8.84. The van der Waals surface area contributed by atoms with Gasteiger partial charge >= 0.3 is 0 Å². The van der Waals surface area contributed by atoms with Gasteiger partial charge in [0.25, 0.3) is 0 Å². The highest BCUT2D eigenvalue weighted by Gasteiger charge is 2.25. The molecule has 0 unspecified atom stereocenters. The fourth-order valence-corrected chi connectivity index (χ4v) is 2.04. The Morgan fingerprint density at radius 1 is 1.67 bits per heavy atom. The van der Waals surface area contributed by atoms with Crippen LogP contribution < -0.4 is 0 Å². The summed E-state index contributed by atoms with van der Waals surface area (Å²) < 4.78 is 5.19. The van der Waals surface area contributed by atoms with E-state index in [1.807, 2.05) is 6.92 Å². The number of nitrogens with zero attached hydrogens (tertiary/aromatic N) is 1. The molecule has 0 aromatic carbocycles. The molecule has 15 heavy (non-hydrogen) atoms. The van der Waals surface area contributed by atoms with Crippen LogP contribution in [0.2, 0.25) is 0 Å². The van der Waals surface area contributed by atoms with Gasteiger partial charge in [0.2, 0.25) is 0 Å². The van der Waals surface area contributed by atoms with Crippen molar-refractivity contribution in [3.8, 4) is 0 Å². The number of aliphatic hydroxyl groups excluding tert-OH is 1. The average molecular weight is 211 g/mol. The van der Waals surface area contributed by atoms with Crippen molar-refractivity contribution in [2.24, 2.45) is 0 Å². The van der Waals surface area contributed by atoms with Crippen LogP contribution in [0.25, 0.3) is 0 Å². The lowest BCUT2D eigenvalue weighted by molar-refractivity contribution is 0.133. The molecular weight excluding hydrogens is 190 g/mol. The van der Waals surface area contributed by atoms with E-state index in [-0.39, 0.29) is 6.61 Å². The van der Waals surface area contributed by atoms with E-state index in [1.54, 1.807) is 13.2 Å². The molecule has 1 N–H and O–H groups in total. The van der Waals surface area contributed by atoms with Crippen molar-refractivity contribution in [1.29, 1.82) is 0 Å². The Morgan fingerprint density at radius 3 is 3.00 bits per heavy atom. The van der Waals surface area contributed by atoms with Gasteiger partial charge in [-0.2, -0.15) is 0 Å². The topological polar surface area (TPSA) is 32.7 Å². The van der Waals surface area contributed by atoms with Crippen molar-refractivity contribution in [3.63, 3.8) is 0 Å². The SMILES string of the molecule is C=C(/C(C)=C/CO)N1CCC[C@H]1COC. The third-order valence-electron chi connectivity index (χ3n) is 2.94. The Morgan fingerprint density at radius 2 is 2.40 bits per heavy atom. The van der Waals surface area contributed by atoms with Gasteiger partial charge in [0.05, 0.1) is 19.3 Å². The van der Waals surface area contributed by atoms with Crippen LogP contribution in [0.15, 0.2) is 23.9 Å². The zero-order valence-corrected chi connectivity index (χ0v) is 9.70. The maximum Gasteiger partial charge on any atom is 0.0666 e. The Balaban J connectivity index is 2.62. The Labute approximate surface area is 92.0 Å². The van der Waals surface area contributed by atoms with Gasteiger partial charge in [-0.3, -0.25) is 0 Å². The summed E-state index contributed by atoms with van der Waals surface area (Å²) in [6.45, 7) is 7.94. The summed E-state index contributed by atoms with van der Waals surface area (Å²) in [7, 11) is 1.73. The minimum absolute atomic E-state index is 0.0770. The number of hydrogen-bond donors (Lipinski definition) is 1. The van der Waals surface area contributed by atoms with Gasteiger partial charge < -0.3 is 14.7 Å². The highest BCUT2D eigenvalue weighted by Crippen LogP contribution is 2.25. The number of allylic oxidation sites excluding steroid dienone is 1. The first-order valence-corrected chi connectivity index (χ1v) is 5.43. The highest BCUT2D eigenvalue weighted by atomic mass is 16.5. The summed E-state index contributed by atoms with van der Waals surface area (Å²) in [5.41, 5.74) is 2.07. The standard InChI is InChI=1S/C12H21NO2/c1-10(6-8-14)11(2)13-7-4-5-12(13)9-15-3/h6,12,14H,2,4-5,7-9H2,1,3H3/b10-6+/t12-/m0/s1. The van der Waals surface area contributed by atoms with Crippen LogP contribution in [-0.2, 0) is 4.74 Å². The molecule has 0 amide bonds. The van der Waals surface area contributed by atoms with Crippen molar-refractivity contribution in [3.05, 3.63) is 23.9 Å². The van der Waals surface area contributed by atoms with Gasteiger partial charge in [0.15, 0.2) is 0 Å². The van der Waals surface area contributed by atoms with Crippen molar-refractivity contribution in [1.82, 2.24) is 4.90 Å². The zero-order chi connectivity index (χ0) is 11.3. The molecule has 3 nitrogen and oxygen atoms in total. The van der Waals surface area contributed by atoms with Crippen LogP contribution in [0.5, 0.6) is 0 Å². The van der Waals surface area contributed by atoms with E-state index in [4.69, 9.17) is 9.84 Å². The zero-order valence-electron chi connectivity index (χ0n) is 9.70. The van der Waals surface area contributed by atoms with Crippen LogP contribution in [0.3, 0.4) is 0 Å². The molecule has 1 atom stereocenters. The summed E-state index contributed by atoms with van der Waals surface area (Å²) >= 11 is 0. The molecule has 0 aromatic heterocycles. The lowest BCUT2D eigenvalue weighted by Crippen LogP contribution is -2.32. The largest absolute Gasteiger partial charge is 0.392 e. The molecule has 1 rings (SSSR count). The van der Waals surface area contributed by atoms with Crippen molar-refractivity contribution < 1.29 is 9.84 Å². The van der Waals surface area contributed by atoms with Gasteiger partial charge in [0, 0.05) is 19.4 Å². The Kier molecular flexibility index (Phi) is 4.85. The van der Waals surface area contributed by atoms with Crippen molar-refractivity contribution >= 4 is 0 Å². The van der Waals surface area contributed by atoms with E-state index in [9.17, 15) is 0 Å². The number of methoxy groups -OCH3 is 1. The molecule has 0 bridgehead atoms. The lowest BCUT2D eigenvalue weighted by atomic mass is 10.1. The van der Waals surface area contributed by atoms with Crippen molar-refractivity contribution in [2.75, 3.05) is 26.9 Å².